The van der Waals surface area contributed by atoms with Gasteiger partial charge in [-0.1, -0.05) is 6.92 Å². The van der Waals surface area contributed by atoms with Gasteiger partial charge in [-0.15, -0.1) is 0 Å². The highest BCUT2D eigenvalue weighted by molar-refractivity contribution is 5.90. The summed E-state index contributed by atoms with van der Waals surface area (Å²) in [6, 6.07) is 4.59. The lowest BCUT2D eigenvalue weighted by Gasteiger charge is -2.59. The van der Waals surface area contributed by atoms with E-state index in [0.717, 1.165) is 49.1 Å². The van der Waals surface area contributed by atoms with E-state index in [-0.39, 0.29) is 23.9 Å². The molecule has 6 nitrogen and oxygen atoms in total. The predicted molar refractivity (Wildman–Crippen MR) is 118 cm³/mol. The van der Waals surface area contributed by atoms with Gasteiger partial charge in [-0.05, 0) is 68.9 Å². The summed E-state index contributed by atoms with van der Waals surface area (Å²) < 4.78 is 7.67. The lowest BCUT2D eigenvalue weighted by atomic mass is 9.61. The first kappa shape index (κ1) is 19.6. The van der Waals surface area contributed by atoms with Gasteiger partial charge < -0.3 is 14.7 Å². The Morgan fingerprint density at radius 2 is 1.97 bits per heavy atom. The van der Waals surface area contributed by atoms with Crippen molar-refractivity contribution in [1.29, 1.82) is 0 Å². The lowest BCUT2D eigenvalue weighted by molar-refractivity contribution is -0.174. The van der Waals surface area contributed by atoms with E-state index in [2.05, 4.69) is 24.0 Å². The summed E-state index contributed by atoms with van der Waals surface area (Å²) in [5.74, 6) is 2.36. The summed E-state index contributed by atoms with van der Waals surface area (Å²) in [4.78, 5) is 15.7. The van der Waals surface area contributed by atoms with Crippen LogP contribution in [0.25, 0.3) is 10.9 Å². The molecule has 3 atom stereocenters. The van der Waals surface area contributed by atoms with E-state index in [4.69, 9.17) is 9.84 Å². The van der Waals surface area contributed by atoms with E-state index in [9.17, 15) is 9.90 Å². The number of carbonyl (C=O) groups is 1. The molecule has 3 heterocycles. The highest BCUT2D eigenvalue weighted by atomic mass is 16.5. The van der Waals surface area contributed by atoms with E-state index in [1.54, 1.807) is 7.11 Å². The molecule has 6 heteroatoms. The Kier molecular flexibility index (Phi) is 4.24. The summed E-state index contributed by atoms with van der Waals surface area (Å²) in [5.41, 5.74) is 2.90. The number of aliphatic hydroxyl groups is 1. The first-order valence-electron chi connectivity index (χ1n) is 11.9. The van der Waals surface area contributed by atoms with Gasteiger partial charge in [-0.2, -0.15) is 5.10 Å². The Morgan fingerprint density at radius 1 is 1.26 bits per heavy atom. The molecule has 5 fully saturated rings. The number of ether oxygens (including phenoxy) is 1. The summed E-state index contributed by atoms with van der Waals surface area (Å²) in [6.07, 6.45) is 7.44. The fourth-order valence-corrected chi connectivity index (χ4v) is 7.15. The first-order chi connectivity index (χ1) is 14.9. The average molecular weight is 424 g/mol. The van der Waals surface area contributed by atoms with Crippen LogP contribution in [0.5, 0.6) is 5.75 Å². The van der Waals surface area contributed by atoms with E-state index >= 15 is 0 Å². The van der Waals surface area contributed by atoms with Crippen molar-refractivity contribution >= 4 is 16.8 Å². The maximum atomic E-state index is 13.5. The highest BCUT2D eigenvalue weighted by Crippen LogP contribution is 2.52. The molecule has 1 aromatic heterocycles. The number of methoxy groups -OCH3 is 1. The molecule has 166 valence electrons. The Hall–Kier alpha value is -2.08. The second kappa shape index (κ2) is 6.71. The molecule has 1 N–H and O–H groups in total. The summed E-state index contributed by atoms with van der Waals surface area (Å²) in [6.45, 7) is 2.14. The van der Waals surface area contributed by atoms with E-state index in [0.29, 0.717) is 18.3 Å². The molecule has 5 aliphatic rings. The molecule has 1 aromatic carbocycles. The monoisotopic (exact) mass is 423 g/mol. The Balaban J connectivity index is 1.30. The van der Waals surface area contributed by atoms with Gasteiger partial charge in [0.05, 0.1) is 23.9 Å². The van der Waals surface area contributed by atoms with Gasteiger partial charge in [0.2, 0.25) is 5.91 Å². The van der Waals surface area contributed by atoms with Crippen molar-refractivity contribution in [1.82, 2.24) is 14.7 Å². The molecule has 0 spiro atoms. The minimum Gasteiger partial charge on any atom is -0.496 e. The molecular weight excluding hydrogens is 390 g/mol. The zero-order valence-corrected chi connectivity index (χ0v) is 18.8. The van der Waals surface area contributed by atoms with Crippen LogP contribution in [0.1, 0.15) is 81.4 Å². The Labute approximate surface area is 183 Å². The van der Waals surface area contributed by atoms with Crippen LogP contribution in [-0.4, -0.2) is 50.5 Å². The summed E-state index contributed by atoms with van der Waals surface area (Å²) in [5, 5.41) is 16.9. The molecule has 7 rings (SSSR count). The van der Waals surface area contributed by atoms with Gasteiger partial charge in [0.15, 0.2) is 0 Å². The van der Waals surface area contributed by atoms with Crippen LogP contribution in [0.4, 0.5) is 0 Å². The normalized spacial score (nSPS) is 32.6. The smallest absolute Gasteiger partial charge is 0.223 e. The molecule has 31 heavy (non-hydrogen) atoms. The number of piperidine rings is 2. The van der Waals surface area contributed by atoms with Crippen LogP contribution in [0.2, 0.25) is 0 Å². The van der Waals surface area contributed by atoms with Crippen molar-refractivity contribution in [2.24, 2.45) is 13.0 Å². The first-order valence-corrected chi connectivity index (χ1v) is 11.9. The third kappa shape index (κ3) is 3.01. The minimum absolute atomic E-state index is 0.0427. The van der Waals surface area contributed by atoms with Crippen molar-refractivity contribution in [2.45, 2.75) is 87.8 Å². The van der Waals surface area contributed by atoms with Gasteiger partial charge >= 0.3 is 0 Å². The van der Waals surface area contributed by atoms with Crippen molar-refractivity contribution in [3.63, 3.8) is 0 Å². The number of amides is 1. The third-order valence-electron chi connectivity index (χ3n) is 8.38. The maximum absolute atomic E-state index is 13.5. The number of fused-ring (bicyclic) bond motifs is 1. The number of hydrogen-bond acceptors (Lipinski definition) is 4. The van der Waals surface area contributed by atoms with Crippen molar-refractivity contribution < 1.29 is 14.6 Å². The maximum Gasteiger partial charge on any atom is 0.223 e. The number of nitrogens with zero attached hydrogens (tertiary/aromatic N) is 3. The average Bonchev–Trinajstić information content (AvgIpc) is 3.48. The molecule has 2 aromatic rings. The SMILES string of the molecule is COc1ccc2c(c(C(C)CC(=O)N3C4CC5CC3CC(O)(C5)C4)nn2C)c1C1CC1. The summed E-state index contributed by atoms with van der Waals surface area (Å²) >= 11 is 0. The molecule has 2 saturated heterocycles. The van der Waals surface area contributed by atoms with Gasteiger partial charge in [0, 0.05) is 42.4 Å². The third-order valence-corrected chi connectivity index (χ3v) is 8.38. The van der Waals surface area contributed by atoms with Crippen molar-refractivity contribution in [3.05, 3.63) is 23.4 Å². The molecule has 2 aliphatic heterocycles. The molecule has 3 saturated carbocycles. The molecule has 1 amide bonds. The Bertz CT molecular complexity index is 1040. The number of hydrogen-bond donors (Lipinski definition) is 1. The van der Waals surface area contributed by atoms with Crippen molar-refractivity contribution in [2.75, 3.05) is 7.11 Å². The van der Waals surface area contributed by atoms with Gasteiger partial charge in [-0.25, -0.2) is 0 Å². The van der Waals surface area contributed by atoms with Gasteiger partial charge in [0.1, 0.15) is 5.75 Å². The highest BCUT2D eigenvalue weighted by Gasteiger charge is 2.55. The fraction of sp³-hybridized carbons (Fsp3) is 0.680. The van der Waals surface area contributed by atoms with Gasteiger partial charge in [0.25, 0.3) is 0 Å². The lowest BCUT2D eigenvalue weighted by Crippen LogP contribution is -2.65. The van der Waals surface area contributed by atoms with Crippen LogP contribution < -0.4 is 4.74 Å². The van der Waals surface area contributed by atoms with E-state index < -0.39 is 5.60 Å². The second-order valence-corrected chi connectivity index (χ2v) is 10.7. The largest absolute Gasteiger partial charge is 0.496 e. The topological polar surface area (TPSA) is 67.6 Å². The molecular formula is C25H33N3O3. The summed E-state index contributed by atoms with van der Waals surface area (Å²) in [7, 11) is 3.73. The van der Waals surface area contributed by atoms with E-state index in [1.165, 1.54) is 23.8 Å². The molecule has 4 bridgehead atoms. The molecule has 0 radical (unpaired) electrons. The number of aromatic nitrogens is 2. The minimum atomic E-state index is -0.522. The Morgan fingerprint density at radius 3 is 2.58 bits per heavy atom. The fourth-order valence-electron chi connectivity index (χ4n) is 7.15. The number of rotatable bonds is 5. The number of aryl methyl sites for hydroxylation is 1. The molecule has 3 unspecified atom stereocenters. The van der Waals surface area contributed by atoms with Crippen LogP contribution in [0.15, 0.2) is 12.1 Å². The zero-order chi connectivity index (χ0) is 21.5. The van der Waals surface area contributed by atoms with Crippen LogP contribution in [-0.2, 0) is 11.8 Å². The molecule has 3 aliphatic carbocycles. The number of benzene rings is 1. The second-order valence-electron chi connectivity index (χ2n) is 10.7. The standard InChI is InChI=1S/C25H33N3O3/c1-14(8-21(29)28-17-9-15-10-18(28)13-25(30,11-15)12-17)24-23-19(27(2)26-24)6-7-20(31-3)22(23)16-4-5-16/h6-7,14-18,30H,4-5,8-13H2,1-3H3. The van der Waals surface area contributed by atoms with Crippen LogP contribution in [0.3, 0.4) is 0 Å². The van der Waals surface area contributed by atoms with Crippen molar-refractivity contribution in [3.8, 4) is 5.75 Å². The van der Waals surface area contributed by atoms with Gasteiger partial charge in [-0.3, -0.25) is 9.48 Å². The van der Waals surface area contributed by atoms with Crippen LogP contribution >= 0.6 is 0 Å². The number of carbonyl (C=O) groups excluding carboxylic acids is 1. The predicted octanol–water partition coefficient (Wildman–Crippen LogP) is 3.86. The van der Waals surface area contributed by atoms with Crippen LogP contribution in [0, 0.1) is 5.92 Å². The quantitative estimate of drug-likeness (QED) is 0.793. The zero-order valence-electron chi connectivity index (χ0n) is 18.8. The van der Waals surface area contributed by atoms with E-state index in [1.807, 2.05) is 11.7 Å².